The fraction of sp³-hybridized carbons (Fsp3) is 0.946. The monoisotopic (exact) mass is 1370 g/mol. The molecule has 0 aliphatic carbocycles. The lowest BCUT2D eigenvalue weighted by molar-refractivity contribution is -0.161. The Morgan fingerprint density at radius 2 is 0.495 bits per heavy atom. The summed E-state index contributed by atoms with van der Waals surface area (Å²) in [5.74, 6) is -1.34. The number of ether oxygens (including phenoxy) is 4. The van der Waals surface area contributed by atoms with Gasteiger partial charge < -0.3 is 33.8 Å². The summed E-state index contributed by atoms with van der Waals surface area (Å²) >= 11 is 0. The van der Waals surface area contributed by atoms with Gasteiger partial charge in [0.15, 0.2) is 12.2 Å². The number of rotatable bonds is 74. The van der Waals surface area contributed by atoms with Crippen LogP contribution in [0.4, 0.5) is 0 Å². The van der Waals surface area contributed by atoms with E-state index in [2.05, 4.69) is 34.6 Å². The summed E-state index contributed by atoms with van der Waals surface area (Å²) < 4.78 is 68.3. The zero-order chi connectivity index (χ0) is 68.4. The Morgan fingerprint density at radius 3 is 0.731 bits per heavy atom. The van der Waals surface area contributed by atoms with Crippen LogP contribution in [-0.2, 0) is 65.4 Å². The zero-order valence-corrected chi connectivity index (χ0v) is 62.2. The Morgan fingerprint density at radius 1 is 0.290 bits per heavy atom. The average Bonchev–Trinajstić information content (AvgIpc) is 2.50. The van der Waals surface area contributed by atoms with Gasteiger partial charge in [-0.25, -0.2) is 9.13 Å². The van der Waals surface area contributed by atoms with Crippen molar-refractivity contribution in [2.75, 3.05) is 39.6 Å². The lowest BCUT2D eigenvalue weighted by Gasteiger charge is -2.21. The molecule has 552 valence electrons. The van der Waals surface area contributed by atoms with Gasteiger partial charge in [-0.1, -0.05) is 336 Å². The molecule has 0 bridgehead atoms. The molecule has 0 spiro atoms. The van der Waals surface area contributed by atoms with E-state index in [9.17, 15) is 43.2 Å². The molecule has 19 heteroatoms. The van der Waals surface area contributed by atoms with Gasteiger partial charge in [0, 0.05) is 25.7 Å². The Labute approximate surface area is 568 Å². The van der Waals surface area contributed by atoms with E-state index in [4.69, 9.17) is 37.0 Å². The van der Waals surface area contributed by atoms with Crippen LogP contribution in [-0.4, -0.2) is 96.7 Å². The van der Waals surface area contributed by atoms with E-state index in [1.54, 1.807) is 0 Å². The first-order valence-electron chi connectivity index (χ1n) is 38.6. The molecule has 0 radical (unpaired) electrons. The van der Waals surface area contributed by atoms with E-state index in [1.165, 1.54) is 212 Å². The zero-order valence-electron chi connectivity index (χ0n) is 60.4. The smallest absolute Gasteiger partial charge is 0.462 e. The third-order valence-electron chi connectivity index (χ3n) is 17.3. The highest BCUT2D eigenvalue weighted by atomic mass is 31.2. The highest BCUT2D eigenvalue weighted by Crippen LogP contribution is 2.45. The molecule has 5 atom stereocenters. The third-order valence-corrected chi connectivity index (χ3v) is 19.2. The van der Waals surface area contributed by atoms with Crippen molar-refractivity contribution in [1.82, 2.24) is 0 Å². The van der Waals surface area contributed by atoms with E-state index in [-0.39, 0.29) is 25.7 Å². The van der Waals surface area contributed by atoms with Crippen molar-refractivity contribution in [3.8, 4) is 0 Å². The quantitative estimate of drug-likeness (QED) is 0.0222. The van der Waals surface area contributed by atoms with Crippen LogP contribution >= 0.6 is 15.6 Å². The second kappa shape index (κ2) is 67.3. The number of phosphoric ester groups is 2. The second-order valence-electron chi connectivity index (χ2n) is 27.2. The molecular formula is C74H144O17P2. The number of carbonyl (C=O) groups excluding carboxylic acids is 4. The maximum atomic E-state index is 13.1. The second-order valence-corrected chi connectivity index (χ2v) is 30.1. The molecule has 0 heterocycles. The molecule has 3 N–H and O–H groups in total. The predicted molar refractivity (Wildman–Crippen MR) is 377 cm³/mol. The van der Waals surface area contributed by atoms with Crippen LogP contribution in [0.2, 0.25) is 0 Å². The Balaban J connectivity index is 5.18. The Bertz CT molecular complexity index is 1790. The molecule has 0 rings (SSSR count). The van der Waals surface area contributed by atoms with Gasteiger partial charge >= 0.3 is 39.5 Å². The maximum Gasteiger partial charge on any atom is 0.472 e. The summed E-state index contributed by atoms with van der Waals surface area (Å²) in [5.41, 5.74) is 0. The van der Waals surface area contributed by atoms with Crippen molar-refractivity contribution in [2.45, 2.75) is 406 Å². The summed E-state index contributed by atoms with van der Waals surface area (Å²) in [6, 6.07) is 0. The van der Waals surface area contributed by atoms with E-state index < -0.39 is 97.5 Å². The van der Waals surface area contributed by atoms with Gasteiger partial charge in [0.1, 0.15) is 19.3 Å². The normalized spacial score (nSPS) is 14.0. The van der Waals surface area contributed by atoms with Crippen molar-refractivity contribution in [1.29, 1.82) is 0 Å². The molecule has 2 unspecified atom stereocenters. The molecule has 0 saturated heterocycles. The van der Waals surface area contributed by atoms with Gasteiger partial charge in [-0.2, -0.15) is 0 Å². The predicted octanol–water partition coefficient (Wildman–Crippen LogP) is 21.7. The number of carbonyl (C=O) groups is 4. The Hall–Kier alpha value is -1.94. The van der Waals surface area contributed by atoms with Gasteiger partial charge in [-0.3, -0.25) is 37.3 Å². The van der Waals surface area contributed by atoms with Crippen molar-refractivity contribution < 1.29 is 80.2 Å². The first-order chi connectivity index (χ1) is 45.0. The maximum absolute atomic E-state index is 13.1. The van der Waals surface area contributed by atoms with Gasteiger partial charge in [-0.05, 0) is 31.6 Å². The average molecular weight is 1370 g/mol. The van der Waals surface area contributed by atoms with Crippen LogP contribution in [0.1, 0.15) is 388 Å². The number of phosphoric acid groups is 2. The molecule has 0 aliphatic heterocycles. The molecule has 0 saturated carbocycles. The van der Waals surface area contributed by atoms with Gasteiger partial charge in [0.05, 0.1) is 26.4 Å². The summed E-state index contributed by atoms with van der Waals surface area (Å²) in [6.45, 7) is 7.25. The Kier molecular flexibility index (Phi) is 65.9. The molecular weight excluding hydrogens is 1220 g/mol. The molecule has 0 aromatic rings. The summed E-state index contributed by atoms with van der Waals surface area (Å²) in [4.78, 5) is 72.6. The SMILES string of the molecule is CCCCCCCCCCCCCCCCCCCCCCC(=O)O[C@H](COC(=O)CCCCCCCCCCCCCCC(C)C)COP(=O)(O)OC[C@@H](O)COP(=O)(O)OC[C@@H](COC(=O)CCCCCCCCCCC)OC(=O)CCCCCCCCCCC. The number of esters is 4. The van der Waals surface area contributed by atoms with Crippen LogP contribution in [0.5, 0.6) is 0 Å². The molecule has 93 heavy (non-hydrogen) atoms. The third kappa shape index (κ3) is 68.4. The van der Waals surface area contributed by atoms with Crippen LogP contribution in [0.25, 0.3) is 0 Å². The van der Waals surface area contributed by atoms with Crippen molar-refractivity contribution in [3.63, 3.8) is 0 Å². The molecule has 0 aromatic heterocycles. The van der Waals surface area contributed by atoms with E-state index in [0.717, 1.165) is 95.8 Å². The fourth-order valence-corrected chi connectivity index (χ4v) is 12.9. The first kappa shape index (κ1) is 91.1. The number of hydrogen-bond acceptors (Lipinski definition) is 15. The highest BCUT2D eigenvalue weighted by Gasteiger charge is 2.30. The van der Waals surface area contributed by atoms with Crippen LogP contribution in [0.3, 0.4) is 0 Å². The molecule has 0 aromatic carbocycles. The van der Waals surface area contributed by atoms with Crippen molar-refractivity contribution >= 4 is 39.5 Å². The minimum absolute atomic E-state index is 0.106. The van der Waals surface area contributed by atoms with Crippen LogP contribution in [0.15, 0.2) is 0 Å². The first-order valence-corrected chi connectivity index (χ1v) is 41.6. The molecule has 0 fully saturated rings. The van der Waals surface area contributed by atoms with Gasteiger partial charge in [0.25, 0.3) is 0 Å². The van der Waals surface area contributed by atoms with Gasteiger partial charge in [-0.15, -0.1) is 0 Å². The lowest BCUT2D eigenvalue weighted by Crippen LogP contribution is -2.30. The summed E-state index contributed by atoms with van der Waals surface area (Å²) in [6.07, 6.45) is 55.6. The van der Waals surface area contributed by atoms with E-state index in [0.29, 0.717) is 25.7 Å². The minimum atomic E-state index is -4.95. The lowest BCUT2D eigenvalue weighted by atomic mass is 10.0. The van der Waals surface area contributed by atoms with Gasteiger partial charge in [0.2, 0.25) is 0 Å². The molecule has 0 aliphatic rings. The van der Waals surface area contributed by atoms with E-state index in [1.807, 2.05) is 0 Å². The topological polar surface area (TPSA) is 237 Å². The fourth-order valence-electron chi connectivity index (χ4n) is 11.4. The highest BCUT2D eigenvalue weighted by molar-refractivity contribution is 7.47. The standard InChI is InChI=1S/C74H144O17P2/c1-6-9-12-15-18-21-22-23-24-25-26-27-28-29-30-35-40-45-50-55-60-74(79)91-70(64-85-72(77)58-53-48-43-39-34-32-31-33-38-41-46-51-56-67(4)5)66-89-93(82,83)87-62-68(75)61-86-92(80,81)88-65-69(90-73(78)59-54-49-44-37-20-17-14-11-8-3)63-84-71(76)57-52-47-42-36-19-16-13-10-7-2/h67-70,75H,6-66H2,1-5H3,(H,80,81)(H,82,83)/t68-,69+,70+/m0/s1. The summed E-state index contributed by atoms with van der Waals surface area (Å²) in [7, 11) is -9.90. The largest absolute Gasteiger partial charge is 0.472 e. The summed E-state index contributed by atoms with van der Waals surface area (Å²) in [5, 5.41) is 10.6. The number of aliphatic hydroxyl groups is 1. The van der Waals surface area contributed by atoms with Crippen molar-refractivity contribution in [3.05, 3.63) is 0 Å². The minimum Gasteiger partial charge on any atom is -0.462 e. The number of unbranched alkanes of at least 4 members (excludes halogenated alkanes) is 46. The number of hydrogen-bond donors (Lipinski definition) is 3. The number of aliphatic hydroxyl groups excluding tert-OH is 1. The van der Waals surface area contributed by atoms with Crippen LogP contribution < -0.4 is 0 Å². The molecule has 0 amide bonds. The van der Waals surface area contributed by atoms with Crippen LogP contribution in [0, 0.1) is 5.92 Å². The van der Waals surface area contributed by atoms with E-state index >= 15 is 0 Å². The molecule has 17 nitrogen and oxygen atoms in total. The van der Waals surface area contributed by atoms with Crippen molar-refractivity contribution in [2.24, 2.45) is 5.92 Å².